The third-order valence-electron chi connectivity index (χ3n) is 12.2. The van der Waals surface area contributed by atoms with Crippen molar-refractivity contribution in [3.63, 3.8) is 0 Å². The van der Waals surface area contributed by atoms with Crippen molar-refractivity contribution in [2.45, 2.75) is 111 Å². The molecular weight excluding hydrogens is 492 g/mol. The van der Waals surface area contributed by atoms with Crippen LogP contribution < -0.4 is 0 Å². The molecule has 4 nitrogen and oxygen atoms in total. The van der Waals surface area contributed by atoms with E-state index in [9.17, 15) is 4.79 Å². The highest BCUT2D eigenvalue weighted by molar-refractivity contribution is 5.73. The highest BCUT2D eigenvalue weighted by atomic mass is 16.5. The van der Waals surface area contributed by atoms with Gasteiger partial charge in [-0.2, -0.15) is 0 Å². The first-order valence-corrected chi connectivity index (χ1v) is 17.0. The number of nitrogens with zero attached hydrogens (tertiary/aromatic N) is 2. The number of quaternary nitrogens is 1. The summed E-state index contributed by atoms with van der Waals surface area (Å²) in [4.78, 5) is 15.6. The van der Waals surface area contributed by atoms with E-state index in [1.807, 2.05) is 0 Å². The van der Waals surface area contributed by atoms with E-state index in [1.165, 1.54) is 51.4 Å². The van der Waals surface area contributed by atoms with Gasteiger partial charge >= 0.3 is 5.97 Å². The van der Waals surface area contributed by atoms with Gasteiger partial charge in [0.15, 0.2) is 6.10 Å². The van der Waals surface area contributed by atoms with E-state index in [-0.39, 0.29) is 23.4 Å². The van der Waals surface area contributed by atoms with E-state index in [0.717, 1.165) is 72.3 Å². The van der Waals surface area contributed by atoms with Crippen LogP contribution in [0.2, 0.25) is 0 Å². The molecule has 0 amide bonds. The number of esters is 1. The molecule has 9 atom stereocenters. The molecule has 4 aliphatic rings. The summed E-state index contributed by atoms with van der Waals surface area (Å²) in [6.45, 7) is 14.2. The first-order valence-electron chi connectivity index (χ1n) is 17.0. The number of hydrogen-bond donors (Lipinski definition) is 0. The van der Waals surface area contributed by atoms with E-state index in [4.69, 9.17) is 4.74 Å². The van der Waals surface area contributed by atoms with Gasteiger partial charge in [0.05, 0.1) is 27.1 Å². The Hall–Kier alpha value is -0.870. The van der Waals surface area contributed by atoms with Gasteiger partial charge in [-0.15, -0.1) is 0 Å². The molecule has 0 aromatic heterocycles. The molecule has 0 heterocycles. The second-order valence-electron chi connectivity index (χ2n) is 17.0. The van der Waals surface area contributed by atoms with E-state index in [1.54, 1.807) is 5.57 Å². The van der Waals surface area contributed by atoms with Crippen molar-refractivity contribution in [3.8, 4) is 0 Å². The van der Waals surface area contributed by atoms with Crippen LogP contribution in [0.4, 0.5) is 0 Å². The predicted molar refractivity (Wildman–Crippen MR) is 168 cm³/mol. The van der Waals surface area contributed by atoms with Crippen LogP contribution in [-0.4, -0.2) is 69.8 Å². The van der Waals surface area contributed by atoms with Gasteiger partial charge in [0.1, 0.15) is 6.54 Å². The van der Waals surface area contributed by atoms with Crippen LogP contribution in [0.5, 0.6) is 0 Å². The van der Waals surface area contributed by atoms with Crippen molar-refractivity contribution in [1.82, 2.24) is 4.90 Å². The maximum Gasteiger partial charge on any atom is 0.309 e. The molecular formula is C36H65N2O2+. The average Bonchev–Trinajstić information content (AvgIpc) is 3.19. The van der Waals surface area contributed by atoms with E-state index in [0.29, 0.717) is 5.41 Å². The molecule has 0 N–H and O–H groups in total. The highest BCUT2D eigenvalue weighted by Gasteiger charge is 2.59. The minimum Gasteiger partial charge on any atom is -0.455 e. The monoisotopic (exact) mass is 558 g/mol. The van der Waals surface area contributed by atoms with Gasteiger partial charge in [0, 0.05) is 6.54 Å². The molecule has 9 unspecified atom stereocenters. The summed E-state index contributed by atoms with van der Waals surface area (Å²) >= 11 is 0. The number of likely N-dealkylation sites (N-methyl/N-ethyl adjacent to an activating group) is 2. The summed E-state index contributed by atoms with van der Waals surface area (Å²) in [6.07, 6.45) is 16.8. The van der Waals surface area contributed by atoms with Crippen molar-refractivity contribution in [1.29, 1.82) is 0 Å². The lowest BCUT2D eigenvalue weighted by Gasteiger charge is -2.58. The fourth-order valence-electron chi connectivity index (χ4n) is 10.3. The number of hydrogen-bond acceptors (Lipinski definition) is 3. The molecule has 0 radical (unpaired) electrons. The normalized spacial score (nSPS) is 37.4. The Morgan fingerprint density at radius 2 is 1.75 bits per heavy atom. The SMILES string of the molecule is CC(C)CCCC(C)C1CCC2C3CC=C4CC(C(=O)OC(CN(C)C)C[N+](C)(C)C)CCC4(C)C3CCC12C. The summed E-state index contributed by atoms with van der Waals surface area (Å²) < 4.78 is 7.02. The molecule has 40 heavy (non-hydrogen) atoms. The number of carbonyl (C=O) groups is 1. The fourth-order valence-corrected chi connectivity index (χ4v) is 10.3. The zero-order chi connectivity index (χ0) is 29.5. The Kier molecular flexibility index (Phi) is 9.93. The van der Waals surface area contributed by atoms with E-state index >= 15 is 0 Å². The second-order valence-corrected chi connectivity index (χ2v) is 17.0. The molecule has 3 fully saturated rings. The predicted octanol–water partition coefficient (Wildman–Crippen LogP) is 7.82. The van der Waals surface area contributed by atoms with Crippen LogP contribution in [0, 0.1) is 52.3 Å². The summed E-state index contributed by atoms with van der Waals surface area (Å²) in [6, 6.07) is 0. The number of fused-ring (bicyclic) bond motifs is 5. The van der Waals surface area contributed by atoms with Gasteiger partial charge < -0.3 is 14.1 Å². The fraction of sp³-hybridized carbons (Fsp3) is 0.917. The molecule has 0 aromatic rings. The van der Waals surface area contributed by atoms with Crippen molar-refractivity contribution >= 4 is 5.97 Å². The Balaban J connectivity index is 1.42. The molecule has 4 aliphatic carbocycles. The van der Waals surface area contributed by atoms with E-state index in [2.05, 4.69) is 80.8 Å². The van der Waals surface area contributed by atoms with Crippen LogP contribution in [0.15, 0.2) is 11.6 Å². The van der Waals surface area contributed by atoms with Gasteiger partial charge in [0.25, 0.3) is 0 Å². The van der Waals surface area contributed by atoms with Crippen molar-refractivity contribution in [2.24, 2.45) is 52.3 Å². The average molecular weight is 558 g/mol. The largest absolute Gasteiger partial charge is 0.455 e. The van der Waals surface area contributed by atoms with Gasteiger partial charge in [0.2, 0.25) is 0 Å². The lowest BCUT2D eigenvalue weighted by atomic mass is 9.46. The van der Waals surface area contributed by atoms with Gasteiger partial charge in [-0.3, -0.25) is 4.79 Å². The number of allylic oxidation sites excluding steroid dienone is 2. The summed E-state index contributed by atoms with van der Waals surface area (Å²) in [5, 5.41) is 0. The maximum absolute atomic E-state index is 13.5. The smallest absolute Gasteiger partial charge is 0.309 e. The van der Waals surface area contributed by atoms with Crippen LogP contribution >= 0.6 is 0 Å². The molecule has 4 rings (SSSR count). The highest BCUT2D eigenvalue weighted by Crippen LogP contribution is 2.67. The second kappa shape index (κ2) is 12.4. The Labute approximate surface area is 248 Å². The van der Waals surface area contributed by atoms with Crippen molar-refractivity contribution in [3.05, 3.63) is 11.6 Å². The van der Waals surface area contributed by atoms with Crippen LogP contribution in [0.3, 0.4) is 0 Å². The standard InChI is InChI=1S/C36H65N2O2/c1-25(2)12-11-13-26(3)31-16-17-32-30-15-14-28-22-27(18-20-35(28,4)33(30)19-21-36(31,32)5)34(39)40-29(23-37(6)7)24-38(8,9)10/h14,25-27,29-33H,11-13,15-24H2,1-10H3/q+1. The van der Waals surface area contributed by atoms with E-state index < -0.39 is 0 Å². The molecule has 0 aromatic carbocycles. The quantitative estimate of drug-likeness (QED) is 0.147. The lowest BCUT2D eigenvalue weighted by molar-refractivity contribution is -0.873. The van der Waals surface area contributed by atoms with Crippen molar-refractivity contribution < 1.29 is 14.0 Å². The molecule has 4 heteroatoms. The minimum absolute atomic E-state index is 0.0319. The van der Waals surface area contributed by atoms with Crippen molar-refractivity contribution in [2.75, 3.05) is 48.3 Å². The van der Waals surface area contributed by atoms with Crippen LogP contribution in [0.1, 0.15) is 105 Å². The van der Waals surface area contributed by atoms with Crippen LogP contribution in [0.25, 0.3) is 0 Å². The molecule has 0 bridgehead atoms. The number of ether oxygens (including phenoxy) is 1. The third-order valence-corrected chi connectivity index (χ3v) is 12.2. The molecule has 3 saturated carbocycles. The number of rotatable bonds is 11. The third kappa shape index (κ3) is 6.85. The zero-order valence-electron chi connectivity index (χ0n) is 28.1. The maximum atomic E-state index is 13.5. The number of carbonyl (C=O) groups excluding carboxylic acids is 1. The lowest BCUT2D eigenvalue weighted by Crippen LogP contribution is -2.51. The zero-order valence-corrected chi connectivity index (χ0v) is 28.1. The Morgan fingerprint density at radius 1 is 1.02 bits per heavy atom. The summed E-state index contributed by atoms with van der Waals surface area (Å²) in [5.41, 5.74) is 2.42. The molecule has 0 aliphatic heterocycles. The van der Waals surface area contributed by atoms with Gasteiger partial charge in [-0.25, -0.2) is 0 Å². The van der Waals surface area contributed by atoms with Gasteiger partial charge in [-0.05, 0) is 112 Å². The topological polar surface area (TPSA) is 29.5 Å². The van der Waals surface area contributed by atoms with Gasteiger partial charge in [-0.1, -0.05) is 65.5 Å². The summed E-state index contributed by atoms with van der Waals surface area (Å²) in [7, 11) is 10.7. The Morgan fingerprint density at radius 3 is 2.40 bits per heavy atom. The first-order chi connectivity index (χ1) is 18.6. The molecule has 0 spiro atoms. The minimum atomic E-state index is -0.0559. The molecule has 230 valence electrons. The van der Waals surface area contributed by atoms with Crippen LogP contribution in [-0.2, 0) is 9.53 Å². The summed E-state index contributed by atoms with van der Waals surface area (Å²) in [5.74, 6) is 5.23. The molecule has 0 saturated heterocycles. The Bertz CT molecular complexity index is 903. The first kappa shape index (κ1) is 32.1.